The van der Waals surface area contributed by atoms with Crippen LogP contribution in [-0.4, -0.2) is 41.2 Å². The van der Waals surface area contributed by atoms with Crippen LogP contribution in [0.25, 0.3) is 11.3 Å². The minimum atomic E-state index is 0.0828. The standard InChI is InChI=1S/C21H26N4OS/c1-5-13-25(21(26)18-12-9-14-27-18)15-17-19(16-10-7-6-8-11-16)22-24(4)20(17)23(2)3/h6-12,14H,5,13,15H2,1-4H3. The molecule has 0 N–H and O–H groups in total. The van der Waals surface area contributed by atoms with Gasteiger partial charge >= 0.3 is 0 Å². The fourth-order valence-corrected chi connectivity index (χ4v) is 4.05. The van der Waals surface area contributed by atoms with Crippen LogP contribution in [0.5, 0.6) is 0 Å². The summed E-state index contributed by atoms with van der Waals surface area (Å²) in [6.45, 7) is 3.35. The van der Waals surface area contributed by atoms with E-state index in [9.17, 15) is 4.79 Å². The van der Waals surface area contributed by atoms with E-state index in [0.717, 1.165) is 33.9 Å². The van der Waals surface area contributed by atoms with Crippen LogP contribution in [-0.2, 0) is 13.6 Å². The average molecular weight is 383 g/mol. The van der Waals surface area contributed by atoms with Gasteiger partial charge in [0.05, 0.1) is 17.1 Å². The number of aryl methyl sites for hydroxylation is 1. The van der Waals surface area contributed by atoms with Gasteiger partial charge in [-0.15, -0.1) is 11.3 Å². The Morgan fingerprint density at radius 1 is 1.15 bits per heavy atom. The highest BCUT2D eigenvalue weighted by Gasteiger charge is 2.24. The predicted octanol–water partition coefficient (Wildman–Crippen LogP) is 4.27. The second kappa shape index (κ2) is 8.39. The first-order chi connectivity index (χ1) is 13.0. The molecule has 2 heterocycles. The minimum Gasteiger partial charge on any atom is -0.363 e. The van der Waals surface area contributed by atoms with E-state index in [1.165, 1.54) is 11.3 Å². The Labute approximate surface area is 164 Å². The first-order valence-electron chi connectivity index (χ1n) is 9.14. The smallest absolute Gasteiger partial charge is 0.264 e. The molecular weight excluding hydrogens is 356 g/mol. The van der Waals surface area contributed by atoms with Crippen molar-refractivity contribution in [2.45, 2.75) is 19.9 Å². The van der Waals surface area contributed by atoms with E-state index in [1.54, 1.807) is 0 Å². The first kappa shape index (κ1) is 19.2. The first-order valence-corrected chi connectivity index (χ1v) is 10.0. The molecule has 142 valence electrons. The molecule has 1 aromatic carbocycles. The summed E-state index contributed by atoms with van der Waals surface area (Å²) in [5.41, 5.74) is 3.07. The third-order valence-electron chi connectivity index (χ3n) is 4.44. The van der Waals surface area contributed by atoms with Crippen molar-refractivity contribution in [3.8, 4) is 11.3 Å². The SMILES string of the molecule is CCCN(Cc1c(-c2ccccc2)nn(C)c1N(C)C)C(=O)c1cccs1. The Balaban J connectivity index is 2.04. The zero-order chi connectivity index (χ0) is 19.4. The number of carbonyl (C=O) groups excluding carboxylic acids is 1. The van der Waals surface area contributed by atoms with E-state index >= 15 is 0 Å². The lowest BCUT2D eigenvalue weighted by Crippen LogP contribution is -2.31. The fraction of sp³-hybridized carbons (Fsp3) is 0.333. The zero-order valence-electron chi connectivity index (χ0n) is 16.3. The van der Waals surface area contributed by atoms with Crippen molar-refractivity contribution in [3.05, 3.63) is 58.3 Å². The van der Waals surface area contributed by atoms with Gasteiger partial charge in [0.2, 0.25) is 0 Å². The lowest BCUT2D eigenvalue weighted by molar-refractivity contribution is 0.0748. The van der Waals surface area contributed by atoms with Gasteiger partial charge in [0, 0.05) is 38.8 Å². The van der Waals surface area contributed by atoms with Crippen LogP contribution < -0.4 is 4.90 Å². The molecule has 3 aromatic rings. The quantitative estimate of drug-likeness (QED) is 0.613. The molecule has 0 aliphatic heterocycles. The van der Waals surface area contributed by atoms with Gasteiger partial charge in [0.1, 0.15) is 5.82 Å². The maximum atomic E-state index is 13.0. The van der Waals surface area contributed by atoms with E-state index in [2.05, 4.69) is 24.0 Å². The van der Waals surface area contributed by atoms with Gasteiger partial charge in [-0.05, 0) is 17.9 Å². The third-order valence-corrected chi connectivity index (χ3v) is 5.30. The molecule has 0 atom stereocenters. The highest BCUT2D eigenvalue weighted by Crippen LogP contribution is 2.31. The number of thiophene rings is 1. The van der Waals surface area contributed by atoms with Gasteiger partial charge in [0.15, 0.2) is 0 Å². The Kier molecular flexibility index (Phi) is 5.96. The van der Waals surface area contributed by atoms with Crippen molar-refractivity contribution in [1.29, 1.82) is 0 Å². The molecule has 0 aliphatic rings. The molecule has 0 unspecified atom stereocenters. The molecule has 0 spiro atoms. The van der Waals surface area contributed by atoms with Crippen molar-refractivity contribution >= 4 is 23.1 Å². The number of aromatic nitrogens is 2. The summed E-state index contributed by atoms with van der Waals surface area (Å²) in [5.74, 6) is 1.10. The van der Waals surface area contributed by atoms with Crippen LogP contribution in [0.15, 0.2) is 47.8 Å². The molecule has 0 saturated heterocycles. The second-order valence-corrected chi connectivity index (χ2v) is 7.69. The molecule has 0 radical (unpaired) electrons. The van der Waals surface area contributed by atoms with E-state index in [4.69, 9.17) is 5.10 Å². The number of amides is 1. The van der Waals surface area contributed by atoms with Gasteiger partial charge in [-0.3, -0.25) is 9.48 Å². The number of carbonyl (C=O) groups is 1. The topological polar surface area (TPSA) is 41.4 Å². The van der Waals surface area contributed by atoms with Crippen LogP contribution in [0.2, 0.25) is 0 Å². The summed E-state index contributed by atoms with van der Waals surface area (Å²) in [7, 11) is 5.98. The van der Waals surface area contributed by atoms with Gasteiger partial charge in [-0.25, -0.2) is 0 Å². The predicted molar refractivity (Wildman–Crippen MR) is 112 cm³/mol. The van der Waals surface area contributed by atoms with Gasteiger partial charge in [-0.2, -0.15) is 5.10 Å². The van der Waals surface area contributed by atoms with Gasteiger partial charge in [-0.1, -0.05) is 43.3 Å². The van der Waals surface area contributed by atoms with E-state index in [1.807, 2.05) is 66.4 Å². The highest BCUT2D eigenvalue weighted by molar-refractivity contribution is 7.12. The Hall–Kier alpha value is -2.60. The number of benzene rings is 1. The number of rotatable bonds is 7. The molecule has 5 nitrogen and oxygen atoms in total. The summed E-state index contributed by atoms with van der Waals surface area (Å²) in [6.07, 6.45) is 0.912. The Bertz CT molecular complexity index is 885. The zero-order valence-corrected chi connectivity index (χ0v) is 17.2. The van der Waals surface area contributed by atoms with Crippen LogP contribution >= 0.6 is 11.3 Å². The van der Waals surface area contributed by atoms with Crippen molar-refractivity contribution in [1.82, 2.24) is 14.7 Å². The lowest BCUT2D eigenvalue weighted by atomic mass is 10.1. The molecule has 6 heteroatoms. The normalized spacial score (nSPS) is 10.8. The third kappa shape index (κ3) is 4.06. The van der Waals surface area contributed by atoms with Crippen molar-refractivity contribution in [2.24, 2.45) is 7.05 Å². The molecule has 3 rings (SSSR count). The Morgan fingerprint density at radius 3 is 2.48 bits per heavy atom. The molecule has 2 aromatic heterocycles. The van der Waals surface area contributed by atoms with Crippen LogP contribution in [0.1, 0.15) is 28.6 Å². The largest absolute Gasteiger partial charge is 0.363 e. The average Bonchev–Trinajstić information content (AvgIpc) is 3.29. The number of hydrogen-bond acceptors (Lipinski definition) is 4. The molecular formula is C21H26N4OS. The summed E-state index contributed by atoms with van der Waals surface area (Å²) < 4.78 is 1.90. The minimum absolute atomic E-state index is 0.0828. The van der Waals surface area contributed by atoms with Gasteiger partial charge in [0.25, 0.3) is 5.91 Å². The fourth-order valence-electron chi connectivity index (χ4n) is 3.36. The van der Waals surface area contributed by atoms with Gasteiger partial charge < -0.3 is 9.80 Å². The van der Waals surface area contributed by atoms with E-state index < -0.39 is 0 Å². The summed E-state index contributed by atoms with van der Waals surface area (Å²) >= 11 is 1.49. The molecule has 27 heavy (non-hydrogen) atoms. The maximum Gasteiger partial charge on any atom is 0.264 e. The van der Waals surface area contributed by atoms with Crippen molar-refractivity contribution in [3.63, 3.8) is 0 Å². The monoisotopic (exact) mass is 382 g/mol. The summed E-state index contributed by atoms with van der Waals surface area (Å²) in [4.78, 5) is 17.8. The van der Waals surface area contributed by atoms with Crippen LogP contribution in [0.3, 0.4) is 0 Å². The van der Waals surface area contributed by atoms with E-state index in [-0.39, 0.29) is 5.91 Å². The number of anilines is 1. The number of hydrogen-bond donors (Lipinski definition) is 0. The number of nitrogens with zero attached hydrogens (tertiary/aromatic N) is 4. The van der Waals surface area contributed by atoms with Crippen molar-refractivity contribution in [2.75, 3.05) is 25.5 Å². The van der Waals surface area contributed by atoms with Crippen LogP contribution in [0, 0.1) is 0 Å². The molecule has 0 aliphatic carbocycles. The van der Waals surface area contributed by atoms with E-state index in [0.29, 0.717) is 13.1 Å². The highest BCUT2D eigenvalue weighted by atomic mass is 32.1. The summed E-state index contributed by atoms with van der Waals surface area (Å²) in [5, 5.41) is 6.72. The molecule has 1 amide bonds. The lowest BCUT2D eigenvalue weighted by Gasteiger charge is -2.24. The molecule has 0 fully saturated rings. The molecule has 0 saturated carbocycles. The Morgan fingerprint density at radius 2 is 1.89 bits per heavy atom. The van der Waals surface area contributed by atoms with Crippen LogP contribution in [0.4, 0.5) is 5.82 Å². The van der Waals surface area contributed by atoms with Crippen molar-refractivity contribution < 1.29 is 4.79 Å². The summed E-state index contributed by atoms with van der Waals surface area (Å²) in [6, 6.07) is 14.0. The maximum absolute atomic E-state index is 13.0. The molecule has 0 bridgehead atoms. The second-order valence-electron chi connectivity index (χ2n) is 6.74.